The van der Waals surface area contributed by atoms with Crippen molar-refractivity contribution in [3.63, 3.8) is 0 Å². The zero-order chi connectivity index (χ0) is 22.2. The lowest BCUT2D eigenvalue weighted by molar-refractivity contribution is -0.110. The average Bonchev–Trinajstić information content (AvgIpc) is 3.39. The van der Waals surface area contributed by atoms with Crippen LogP contribution in [-0.4, -0.2) is 16.8 Å². The van der Waals surface area contributed by atoms with Gasteiger partial charge >= 0.3 is 0 Å². The van der Waals surface area contributed by atoms with Gasteiger partial charge in [0, 0.05) is 22.5 Å². The molecule has 0 atom stereocenters. The van der Waals surface area contributed by atoms with Crippen LogP contribution in [0.2, 0.25) is 0 Å². The summed E-state index contributed by atoms with van der Waals surface area (Å²) in [6.45, 7) is 1.86. The molecule has 3 aromatic carbocycles. The molecule has 158 valence electrons. The van der Waals surface area contributed by atoms with Gasteiger partial charge in [-0.25, -0.2) is 4.98 Å². The third-order valence-electron chi connectivity index (χ3n) is 5.29. The van der Waals surface area contributed by atoms with E-state index in [4.69, 9.17) is 5.73 Å². The predicted molar refractivity (Wildman–Crippen MR) is 130 cm³/mol. The van der Waals surface area contributed by atoms with E-state index in [0.717, 1.165) is 32.9 Å². The minimum Gasteiger partial charge on any atom is -0.397 e. The molecule has 2 amide bonds. The number of para-hydroxylation sites is 2. The highest BCUT2D eigenvalue weighted by Gasteiger charge is 2.29. The summed E-state index contributed by atoms with van der Waals surface area (Å²) < 4.78 is 0.976. The molecule has 0 saturated carbocycles. The second-order valence-electron chi connectivity index (χ2n) is 7.39. The van der Waals surface area contributed by atoms with Gasteiger partial charge < -0.3 is 21.7 Å². The van der Waals surface area contributed by atoms with Crippen molar-refractivity contribution in [1.82, 2.24) is 4.98 Å². The summed E-state index contributed by atoms with van der Waals surface area (Å²) in [5, 5.41) is 9.03. The van der Waals surface area contributed by atoms with Crippen molar-refractivity contribution in [2.75, 3.05) is 21.7 Å². The van der Waals surface area contributed by atoms with E-state index in [0.29, 0.717) is 22.5 Å². The molecule has 0 aliphatic carbocycles. The van der Waals surface area contributed by atoms with Crippen LogP contribution in [0.25, 0.3) is 15.8 Å². The van der Waals surface area contributed by atoms with Crippen LogP contribution in [0.4, 0.5) is 22.7 Å². The molecule has 5 N–H and O–H groups in total. The van der Waals surface area contributed by atoms with E-state index in [1.54, 1.807) is 41.9 Å². The van der Waals surface area contributed by atoms with Gasteiger partial charge in [-0.2, -0.15) is 0 Å². The van der Waals surface area contributed by atoms with E-state index >= 15 is 0 Å². The Morgan fingerprint density at radius 2 is 1.81 bits per heavy atom. The third kappa shape index (κ3) is 3.46. The third-order valence-corrected chi connectivity index (χ3v) is 6.15. The minimum absolute atomic E-state index is 0.151. The number of carbonyl (C=O) groups excluding carboxylic acids is 2. The Labute approximate surface area is 188 Å². The molecule has 0 unspecified atom stereocenters. The smallest absolute Gasteiger partial charge is 0.258 e. The number of rotatable bonds is 4. The highest BCUT2D eigenvalue weighted by atomic mass is 32.1. The molecule has 32 heavy (non-hydrogen) atoms. The number of hydrogen-bond acceptors (Lipinski definition) is 6. The zero-order valence-corrected chi connectivity index (χ0v) is 17.9. The summed E-state index contributed by atoms with van der Waals surface area (Å²) in [6, 6.07) is 17.9. The Morgan fingerprint density at radius 3 is 2.59 bits per heavy atom. The van der Waals surface area contributed by atoms with Crippen molar-refractivity contribution in [2.45, 2.75) is 6.92 Å². The van der Waals surface area contributed by atoms with Crippen molar-refractivity contribution in [1.29, 1.82) is 0 Å². The van der Waals surface area contributed by atoms with Crippen molar-refractivity contribution in [3.8, 4) is 0 Å². The minimum atomic E-state index is -0.249. The largest absolute Gasteiger partial charge is 0.397 e. The predicted octanol–water partition coefficient (Wildman–Crippen LogP) is 4.93. The number of nitrogen functional groups attached to an aromatic ring is 1. The van der Waals surface area contributed by atoms with E-state index in [2.05, 4.69) is 20.9 Å². The first-order valence-corrected chi connectivity index (χ1v) is 10.8. The van der Waals surface area contributed by atoms with Gasteiger partial charge in [-0.1, -0.05) is 12.1 Å². The van der Waals surface area contributed by atoms with E-state index in [1.807, 2.05) is 31.2 Å². The monoisotopic (exact) mass is 441 g/mol. The van der Waals surface area contributed by atoms with Gasteiger partial charge in [-0.15, -0.1) is 11.3 Å². The molecule has 1 aliphatic heterocycles. The summed E-state index contributed by atoms with van der Waals surface area (Å²) in [5.74, 6) is -0.399. The van der Waals surface area contributed by atoms with Gasteiger partial charge in [-0.05, 0) is 55.5 Å². The molecule has 2 heterocycles. The van der Waals surface area contributed by atoms with Crippen molar-refractivity contribution >= 4 is 61.7 Å². The first-order chi connectivity index (χ1) is 15.5. The first kappa shape index (κ1) is 19.8. The number of anilines is 4. The maximum Gasteiger partial charge on any atom is 0.258 e. The number of benzene rings is 3. The van der Waals surface area contributed by atoms with E-state index < -0.39 is 0 Å². The normalized spacial score (nSPS) is 14.1. The summed E-state index contributed by atoms with van der Waals surface area (Å²) >= 11 is 1.51. The molecule has 4 aromatic rings. The summed E-state index contributed by atoms with van der Waals surface area (Å²) in [7, 11) is 0. The van der Waals surface area contributed by atoms with Gasteiger partial charge in [0.2, 0.25) is 0 Å². The van der Waals surface area contributed by atoms with E-state index in [9.17, 15) is 9.59 Å². The van der Waals surface area contributed by atoms with Crippen LogP contribution in [0.15, 0.2) is 71.9 Å². The fourth-order valence-corrected chi connectivity index (χ4v) is 4.57. The van der Waals surface area contributed by atoms with Crippen LogP contribution in [0.3, 0.4) is 0 Å². The number of nitrogens with zero attached hydrogens (tertiary/aromatic N) is 1. The van der Waals surface area contributed by atoms with Crippen molar-refractivity contribution in [2.24, 2.45) is 0 Å². The molecule has 0 fully saturated rings. The molecule has 0 spiro atoms. The molecular formula is C24H19N5O2S. The molecule has 0 saturated heterocycles. The molecule has 8 heteroatoms. The fourth-order valence-electron chi connectivity index (χ4n) is 3.73. The summed E-state index contributed by atoms with van der Waals surface area (Å²) in [6.07, 6.45) is 0. The number of nitrogens with one attached hydrogen (secondary N) is 3. The second-order valence-corrected chi connectivity index (χ2v) is 8.24. The molecular weight excluding hydrogens is 422 g/mol. The molecule has 0 radical (unpaired) electrons. The SMILES string of the molecule is C/C(Nc1ccc(C(=O)Nc2ccccc2N)cc1)=C1/C(=O)Nc2ccc3ncsc3c21. The quantitative estimate of drug-likeness (QED) is 0.265. The molecule has 7 nitrogen and oxygen atoms in total. The highest BCUT2D eigenvalue weighted by Crippen LogP contribution is 2.40. The van der Waals surface area contributed by atoms with Crippen LogP contribution < -0.4 is 21.7 Å². The van der Waals surface area contributed by atoms with Gasteiger partial charge in [0.15, 0.2) is 0 Å². The van der Waals surface area contributed by atoms with Gasteiger partial charge in [-0.3, -0.25) is 9.59 Å². The molecule has 0 bridgehead atoms. The Morgan fingerprint density at radius 1 is 1.03 bits per heavy atom. The first-order valence-electron chi connectivity index (χ1n) is 9.93. The number of fused-ring (bicyclic) bond motifs is 3. The maximum atomic E-state index is 12.7. The Balaban J connectivity index is 1.39. The lowest BCUT2D eigenvalue weighted by Crippen LogP contribution is -2.13. The van der Waals surface area contributed by atoms with Crippen LogP contribution in [0, 0.1) is 0 Å². The molecule has 5 rings (SSSR count). The van der Waals surface area contributed by atoms with Crippen LogP contribution in [0.5, 0.6) is 0 Å². The van der Waals surface area contributed by atoms with Gasteiger partial charge in [0.1, 0.15) is 0 Å². The number of amides is 2. The lowest BCUT2D eigenvalue weighted by atomic mass is 10.0. The van der Waals surface area contributed by atoms with E-state index in [-0.39, 0.29) is 11.8 Å². The van der Waals surface area contributed by atoms with Gasteiger partial charge in [0.25, 0.3) is 11.8 Å². The molecule has 1 aliphatic rings. The Bertz CT molecular complexity index is 1410. The Kier molecular flexibility index (Phi) is 4.84. The molecule has 1 aromatic heterocycles. The topological polar surface area (TPSA) is 109 Å². The average molecular weight is 442 g/mol. The summed E-state index contributed by atoms with van der Waals surface area (Å²) in [4.78, 5) is 29.6. The number of thiazole rings is 1. The fraction of sp³-hybridized carbons (Fsp3) is 0.0417. The number of allylic oxidation sites excluding steroid dienone is 1. The number of aromatic nitrogens is 1. The zero-order valence-electron chi connectivity index (χ0n) is 17.1. The van der Waals surface area contributed by atoms with Gasteiger partial charge in [0.05, 0.1) is 38.4 Å². The number of nitrogens with two attached hydrogens (primary N) is 1. The maximum absolute atomic E-state index is 12.7. The van der Waals surface area contributed by atoms with Crippen molar-refractivity contribution in [3.05, 3.63) is 83.0 Å². The van der Waals surface area contributed by atoms with Crippen LogP contribution in [-0.2, 0) is 4.79 Å². The number of carbonyl (C=O) groups is 2. The van der Waals surface area contributed by atoms with E-state index in [1.165, 1.54) is 11.3 Å². The highest BCUT2D eigenvalue weighted by molar-refractivity contribution is 7.17. The van der Waals surface area contributed by atoms with Crippen molar-refractivity contribution < 1.29 is 9.59 Å². The lowest BCUT2D eigenvalue weighted by Gasteiger charge is -2.11. The second kappa shape index (κ2) is 7.82. The number of hydrogen-bond donors (Lipinski definition) is 4. The Hall–Kier alpha value is -4.17. The van der Waals surface area contributed by atoms with Crippen LogP contribution >= 0.6 is 11.3 Å². The van der Waals surface area contributed by atoms with Crippen LogP contribution in [0.1, 0.15) is 22.8 Å². The standard InChI is InChI=1S/C24H19N5O2S/c1-13(20-21-18(29-24(20)31)10-11-19-22(21)32-12-26-19)27-15-8-6-14(7-9-15)23(30)28-17-5-3-2-4-16(17)25/h2-12,27H,25H2,1H3,(H,28,30)(H,29,31)/b20-13-. The summed E-state index contributed by atoms with van der Waals surface area (Å²) in [5.41, 5.74) is 13.9.